The average molecular weight is 357 g/mol. The molecule has 1 amide bonds. The predicted molar refractivity (Wildman–Crippen MR) is 99.4 cm³/mol. The van der Waals surface area contributed by atoms with Crippen molar-refractivity contribution in [3.05, 3.63) is 42.2 Å². The lowest BCUT2D eigenvalue weighted by atomic mass is 9.98. The number of carbonyl (C=O) groups is 1. The standard InChI is InChI=1S/C20H27N3O3/c1-25-18-7-8-19(26-2)16(14-18)15-20(24)23-12-4-3-6-17(23)9-13-22-11-5-10-21-22/h5,7-8,10-11,14,17H,3-4,6,9,12-13,15H2,1-2H3/t17-/m1/s1. The van der Waals surface area contributed by atoms with Crippen molar-refractivity contribution >= 4 is 5.91 Å². The quantitative estimate of drug-likeness (QED) is 0.764. The summed E-state index contributed by atoms with van der Waals surface area (Å²) in [5.74, 6) is 1.62. The van der Waals surface area contributed by atoms with Crippen LogP contribution in [0, 0.1) is 0 Å². The highest BCUT2D eigenvalue weighted by molar-refractivity contribution is 5.80. The molecule has 3 rings (SSSR count). The predicted octanol–water partition coefficient (Wildman–Crippen LogP) is 2.91. The fourth-order valence-electron chi connectivity index (χ4n) is 3.63. The van der Waals surface area contributed by atoms with E-state index in [9.17, 15) is 4.79 Å². The molecule has 1 aliphatic rings. The molecular formula is C20H27N3O3. The molecule has 1 aromatic carbocycles. The fourth-order valence-corrected chi connectivity index (χ4v) is 3.63. The minimum atomic E-state index is 0.154. The third-order valence-corrected chi connectivity index (χ3v) is 5.03. The van der Waals surface area contributed by atoms with Gasteiger partial charge in [0.2, 0.25) is 5.91 Å². The van der Waals surface area contributed by atoms with Crippen molar-refractivity contribution in [3.63, 3.8) is 0 Å². The van der Waals surface area contributed by atoms with Crippen LogP contribution in [0.3, 0.4) is 0 Å². The van der Waals surface area contributed by atoms with Gasteiger partial charge in [0.1, 0.15) is 11.5 Å². The lowest BCUT2D eigenvalue weighted by molar-refractivity contribution is -0.134. The van der Waals surface area contributed by atoms with E-state index in [0.717, 1.165) is 49.4 Å². The monoisotopic (exact) mass is 357 g/mol. The highest BCUT2D eigenvalue weighted by atomic mass is 16.5. The van der Waals surface area contributed by atoms with E-state index < -0.39 is 0 Å². The molecule has 6 nitrogen and oxygen atoms in total. The van der Waals surface area contributed by atoms with Crippen LogP contribution in [-0.4, -0.2) is 47.4 Å². The first-order valence-corrected chi connectivity index (χ1v) is 9.19. The number of ether oxygens (including phenoxy) is 2. The second kappa shape index (κ2) is 8.74. The third-order valence-electron chi connectivity index (χ3n) is 5.03. The minimum Gasteiger partial charge on any atom is -0.497 e. The topological polar surface area (TPSA) is 56.6 Å². The normalized spacial score (nSPS) is 17.2. The van der Waals surface area contributed by atoms with Gasteiger partial charge in [-0.1, -0.05) is 0 Å². The number of carbonyl (C=O) groups excluding carboxylic acids is 1. The molecule has 2 heterocycles. The van der Waals surface area contributed by atoms with Crippen LogP contribution in [0.2, 0.25) is 0 Å². The summed E-state index contributed by atoms with van der Waals surface area (Å²) in [5, 5.41) is 4.26. The zero-order valence-corrected chi connectivity index (χ0v) is 15.6. The van der Waals surface area contributed by atoms with Crippen LogP contribution in [-0.2, 0) is 17.8 Å². The Morgan fingerprint density at radius 2 is 2.15 bits per heavy atom. The van der Waals surface area contributed by atoms with E-state index in [1.165, 1.54) is 6.42 Å². The Labute approximate surface area is 154 Å². The molecule has 0 aliphatic carbocycles. The number of aryl methyl sites for hydroxylation is 1. The number of likely N-dealkylation sites (tertiary alicyclic amines) is 1. The summed E-state index contributed by atoms with van der Waals surface area (Å²) in [7, 11) is 3.26. The zero-order chi connectivity index (χ0) is 18.4. The molecule has 0 spiro atoms. The maximum atomic E-state index is 13.0. The van der Waals surface area contributed by atoms with Crippen molar-refractivity contribution in [2.45, 2.75) is 44.7 Å². The highest BCUT2D eigenvalue weighted by Crippen LogP contribution is 2.27. The van der Waals surface area contributed by atoms with Gasteiger partial charge < -0.3 is 14.4 Å². The first-order valence-electron chi connectivity index (χ1n) is 9.19. The Morgan fingerprint density at radius 1 is 1.27 bits per heavy atom. The molecule has 140 valence electrons. The van der Waals surface area contributed by atoms with Gasteiger partial charge in [-0.05, 0) is 49.9 Å². The summed E-state index contributed by atoms with van der Waals surface area (Å²) in [5.41, 5.74) is 0.869. The number of benzene rings is 1. The van der Waals surface area contributed by atoms with Crippen molar-refractivity contribution < 1.29 is 14.3 Å². The van der Waals surface area contributed by atoms with Gasteiger partial charge in [-0.15, -0.1) is 0 Å². The molecular weight excluding hydrogens is 330 g/mol. The Hall–Kier alpha value is -2.50. The summed E-state index contributed by atoms with van der Waals surface area (Å²) >= 11 is 0. The van der Waals surface area contributed by atoms with E-state index in [-0.39, 0.29) is 11.9 Å². The van der Waals surface area contributed by atoms with Gasteiger partial charge in [0.05, 0.1) is 20.6 Å². The summed E-state index contributed by atoms with van der Waals surface area (Å²) in [6.45, 7) is 1.67. The number of amides is 1. The first-order chi connectivity index (χ1) is 12.7. The summed E-state index contributed by atoms with van der Waals surface area (Å²) in [6.07, 6.45) is 8.33. The van der Waals surface area contributed by atoms with Crippen LogP contribution in [0.4, 0.5) is 0 Å². The van der Waals surface area contributed by atoms with Crippen LogP contribution >= 0.6 is 0 Å². The number of rotatable bonds is 7. The van der Waals surface area contributed by atoms with Crippen LogP contribution in [0.5, 0.6) is 11.5 Å². The molecule has 1 atom stereocenters. The fraction of sp³-hybridized carbons (Fsp3) is 0.500. The van der Waals surface area contributed by atoms with Crippen LogP contribution in [0.1, 0.15) is 31.2 Å². The molecule has 26 heavy (non-hydrogen) atoms. The van der Waals surface area contributed by atoms with Gasteiger partial charge in [0, 0.05) is 37.1 Å². The van der Waals surface area contributed by atoms with E-state index in [2.05, 4.69) is 5.10 Å². The maximum Gasteiger partial charge on any atom is 0.227 e. The van der Waals surface area contributed by atoms with Gasteiger partial charge in [0.15, 0.2) is 0 Å². The Balaban J connectivity index is 1.68. The molecule has 1 aromatic heterocycles. The third kappa shape index (κ3) is 4.36. The number of piperidine rings is 1. The minimum absolute atomic E-state index is 0.154. The molecule has 0 bridgehead atoms. The van der Waals surface area contributed by atoms with Crippen LogP contribution < -0.4 is 9.47 Å². The molecule has 0 radical (unpaired) electrons. The van der Waals surface area contributed by atoms with Gasteiger partial charge in [-0.25, -0.2) is 0 Å². The number of hydrogen-bond acceptors (Lipinski definition) is 4. The molecule has 1 aliphatic heterocycles. The molecule has 1 saturated heterocycles. The molecule has 1 fully saturated rings. The number of hydrogen-bond donors (Lipinski definition) is 0. The number of aromatic nitrogens is 2. The van der Waals surface area contributed by atoms with E-state index in [1.54, 1.807) is 20.4 Å². The van der Waals surface area contributed by atoms with E-state index in [0.29, 0.717) is 6.42 Å². The Morgan fingerprint density at radius 3 is 2.88 bits per heavy atom. The van der Waals surface area contributed by atoms with Gasteiger partial charge in [-0.2, -0.15) is 5.10 Å². The molecule has 2 aromatic rings. The van der Waals surface area contributed by atoms with Crippen molar-refractivity contribution in [1.29, 1.82) is 0 Å². The SMILES string of the molecule is COc1ccc(OC)c(CC(=O)N2CCCC[C@@H]2CCn2cccn2)c1. The van der Waals surface area contributed by atoms with E-state index >= 15 is 0 Å². The lowest BCUT2D eigenvalue weighted by Crippen LogP contribution is -2.45. The highest BCUT2D eigenvalue weighted by Gasteiger charge is 2.27. The van der Waals surface area contributed by atoms with E-state index in [4.69, 9.17) is 9.47 Å². The second-order valence-electron chi connectivity index (χ2n) is 6.65. The lowest BCUT2D eigenvalue weighted by Gasteiger charge is -2.36. The summed E-state index contributed by atoms with van der Waals surface area (Å²) in [6, 6.07) is 7.79. The van der Waals surface area contributed by atoms with Gasteiger partial charge in [-0.3, -0.25) is 9.48 Å². The molecule has 0 unspecified atom stereocenters. The van der Waals surface area contributed by atoms with Crippen molar-refractivity contribution in [2.24, 2.45) is 0 Å². The molecule has 0 saturated carbocycles. The van der Waals surface area contributed by atoms with Crippen LogP contribution in [0.15, 0.2) is 36.7 Å². The first kappa shape index (κ1) is 18.3. The van der Waals surface area contributed by atoms with Crippen molar-refractivity contribution in [3.8, 4) is 11.5 Å². The maximum absolute atomic E-state index is 13.0. The second-order valence-corrected chi connectivity index (χ2v) is 6.65. The number of methoxy groups -OCH3 is 2. The average Bonchev–Trinajstić information content (AvgIpc) is 3.20. The smallest absolute Gasteiger partial charge is 0.227 e. The number of nitrogens with zero attached hydrogens (tertiary/aromatic N) is 3. The zero-order valence-electron chi connectivity index (χ0n) is 15.6. The van der Waals surface area contributed by atoms with Crippen LogP contribution in [0.25, 0.3) is 0 Å². The summed E-state index contributed by atoms with van der Waals surface area (Å²) < 4.78 is 12.6. The molecule has 0 N–H and O–H groups in total. The molecule has 6 heteroatoms. The Kier molecular flexibility index (Phi) is 6.15. The Bertz CT molecular complexity index is 715. The largest absolute Gasteiger partial charge is 0.497 e. The van der Waals surface area contributed by atoms with Crippen molar-refractivity contribution in [2.75, 3.05) is 20.8 Å². The summed E-state index contributed by atoms with van der Waals surface area (Å²) in [4.78, 5) is 15.1. The van der Waals surface area contributed by atoms with E-state index in [1.807, 2.05) is 40.0 Å². The van der Waals surface area contributed by atoms with Crippen molar-refractivity contribution in [1.82, 2.24) is 14.7 Å². The van der Waals surface area contributed by atoms with Gasteiger partial charge in [0.25, 0.3) is 0 Å². The van der Waals surface area contributed by atoms with Gasteiger partial charge >= 0.3 is 0 Å².